The highest BCUT2D eigenvalue weighted by Gasteiger charge is 2.14. The molecule has 8 heteroatoms. The van der Waals surface area contributed by atoms with Crippen molar-refractivity contribution in [2.45, 2.75) is 6.54 Å². The van der Waals surface area contributed by atoms with Gasteiger partial charge >= 0.3 is 5.69 Å². The topological polar surface area (TPSA) is 101 Å². The normalized spacial score (nSPS) is 11.2. The number of furan rings is 1. The number of rotatable bonds is 4. The van der Waals surface area contributed by atoms with Crippen LogP contribution in [0.1, 0.15) is 11.3 Å². The summed E-state index contributed by atoms with van der Waals surface area (Å²) in [4.78, 5) is 30.2. The summed E-state index contributed by atoms with van der Waals surface area (Å²) >= 11 is 3.34. The third-order valence-electron chi connectivity index (χ3n) is 3.29. The molecule has 0 amide bonds. The second-order valence-electron chi connectivity index (χ2n) is 4.87. The second kappa shape index (κ2) is 6.71. The number of halogens is 1. The maximum Gasteiger partial charge on any atom is 0.331 e. The molecule has 2 N–H and O–H groups in total. The zero-order valence-electron chi connectivity index (χ0n) is 12.3. The predicted molar refractivity (Wildman–Crippen MR) is 92.2 cm³/mol. The van der Waals surface area contributed by atoms with E-state index < -0.39 is 17.1 Å². The standard InChI is InChI=1S/C16H12BrN3O4/c17-12-5-1-2-6-13(12)18-8-11-14(21)19-16(23)20(15(11)22)9-10-4-3-7-24-10/h1-8,22H,9H2,(H,19,21,23). The van der Waals surface area contributed by atoms with Gasteiger partial charge in [0, 0.05) is 10.7 Å². The highest BCUT2D eigenvalue weighted by atomic mass is 79.9. The van der Waals surface area contributed by atoms with E-state index in [0.717, 1.165) is 9.04 Å². The Labute approximate surface area is 144 Å². The van der Waals surface area contributed by atoms with E-state index in [4.69, 9.17) is 4.42 Å². The molecule has 122 valence electrons. The lowest BCUT2D eigenvalue weighted by Gasteiger charge is -2.07. The fourth-order valence-electron chi connectivity index (χ4n) is 2.09. The summed E-state index contributed by atoms with van der Waals surface area (Å²) < 4.78 is 6.90. The van der Waals surface area contributed by atoms with Crippen molar-refractivity contribution in [3.05, 3.63) is 79.3 Å². The molecule has 0 aliphatic carbocycles. The maximum absolute atomic E-state index is 12.0. The Hall–Kier alpha value is -2.87. The Morgan fingerprint density at radius 1 is 1.25 bits per heavy atom. The van der Waals surface area contributed by atoms with Crippen molar-refractivity contribution < 1.29 is 9.52 Å². The third kappa shape index (κ3) is 3.23. The van der Waals surface area contributed by atoms with Crippen LogP contribution in [-0.4, -0.2) is 20.9 Å². The van der Waals surface area contributed by atoms with Crippen molar-refractivity contribution in [3.63, 3.8) is 0 Å². The Bertz CT molecular complexity index is 1000. The van der Waals surface area contributed by atoms with Crippen LogP contribution in [0.25, 0.3) is 0 Å². The third-order valence-corrected chi connectivity index (χ3v) is 3.96. The molecule has 0 bridgehead atoms. The largest absolute Gasteiger partial charge is 0.494 e. The molecule has 0 atom stereocenters. The molecule has 0 unspecified atom stereocenters. The summed E-state index contributed by atoms with van der Waals surface area (Å²) in [5, 5.41) is 10.3. The van der Waals surface area contributed by atoms with Crippen LogP contribution in [0.4, 0.5) is 5.69 Å². The first-order valence-corrected chi connectivity index (χ1v) is 7.72. The first-order valence-electron chi connectivity index (χ1n) is 6.93. The molecule has 0 fully saturated rings. The first-order chi connectivity index (χ1) is 11.6. The quantitative estimate of drug-likeness (QED) is 0.668. The monoisotopic (exact) mass is 389 g/mol. The van der Waals surface area contributed by atoms with E-state index in [2.05, 4.69) is 25.9 Å². The Morgan fingerprint density at radius 2 is 2.04 bits per heavy atom. The van der Waals surface area contributed by atoms with Crippen molar-refractivity contribution in [2.75, 3.05) is 0 Å². The number of aromatic hydroxyl groups is 1. The number of hydrogen-bond acceptors (Lipinski definition) is 5. The lowest BCUT2D eigenvalue weighted by molar-refractivity contribution is 0.392. The van der Waals surface area contributed by atoms with E-state index in [9.17, 15) is 14.7 Å². The van der Waals surface area contributed by atoms with Gasteiger partial charge < -0.3 is 9.52 Å². The van der Waals surface area contributed by atoms with Crippen molar-refractivity contribution in [1.82, 2.24) is 9.55 Å². The molecule has 3 rings (SSSR count). The molecule has 1 aromatic carbocycles. The minimum atomic E-state index is -0.730. The van der Waals surface area contributed by atoms with Crippen LogP contribution in [0.5, 0.6) is 5.88 Å². The average molecular weight is 390 g/mol. The number of nitrogens with zero attached hydrogens (tertiary/aromatic N) is 2. The van der Waals surface area contributed by atoms with E-state index in [-0.39, 0.29) is 12.1 Å². The van der Waals surface area contributed by atoms with Gasteiger partial charge in [0.2, 0.25) is 5.88 Å². The van der Waals surface area contributed by atoms with Crippen molar-refractivity contribution >= 4 is 27.8 Å². The zero-order chi connectivity index (χ0) is 17.1. The molecule has 0 saturated heterocycles. The minimum absolute atomic E-state index is 0.00961. The van der Waals surface area contributed by atoms with Gasteiger partial charge in [0.25, 0.3) is 5.56 Å². The number of aromatic nitrogens is 2. The summed E-state index contributed by atoms with van der Waals surface area (Å²) in [5.74, 6) is -0.0101. The van der Waals surface area contributed by atoms with Gasteiger partial charge in [0.1, 0.15) is 11.3 Å². The van der Waals surface area contributed by atoms with E-state index in [1.54, 1.807) is 30.3 Å². The van der Waals surface area contributed by atoms with Gasteiger partial charge in [-0.1, -0.05) is 12.1 Å². The van der Waals surface area contributed by atoms with Crippen molar-refractivity contribution in [3.8, 4) is 5.88 Å². The summed E-state index contributed by atoms with van der Waals surface area (Å²) in [7, 11) is 0. The Morgan fingerprint density at radius 3 is 2.75 bits per heavy atom. The molecule has 0 saturated carbocycles. The number of hydrogen-bond donors (Lipinski definition) is 2. The minimum Gasteiger partial charge on any atom is -0.494 e. The Balaban J connectivity index is 2.03. The molecule has 0 spiro atoms. The van der Waals surface area contributed by atoms with Crippen molar-refractivity contribution in [1.29, 1.82) is 0 Å². The number of nitrogens with one attached hydrogen (secondary N) is 1. The molecule has 0 aliphatic rings. The van der Waals surface area contributed by atoms with Gasteiger partial charge in [0.15, 0.2) is 0 Å². The van der Waals surface area contributed by atoms with Gasteiger partial charge in [-0.2, -0.15) is 0 Å². The van der Waals surface area contributed by atoms with Crippen LogP contribution in [0.3, 0.4) is 0 Å². The lowest BCUT2D eigenvalue weighted by atomic mass is 10.3. The summed E-state index contributed by atoms with van der Waals surface area (Å²) in [6, 6.07) is 10.5. The zero-order valence-corrected chi connectivity index (χ0v) is 13.9. The molecule has 0 radical (unpaired) electrons. The number of benzene rings is 1. The van der Waals surface area contributed by atoms with Crippen LogP contribution in [0.15, 0.2) is 66.1 Å². The molecule has 2 heterocycles. The number of para-hydroxylation sites is 1. The van der Waals surface area contributed by atoms with E-state index >= 15 is 0 Å². The predicted octanol–water partition coefficient (Wildman–Crippen LogP) is 2.40. The number of H-pyrrole nitrogens is 1. The Kier molecular flexibility index (Phi) is 4.48. The maximum atomic E-state index is 12.0. The summed E-state index contributed by atoms with van der Waals surface area (Å²) in [6.07, 6.45) is 2.67. The van der Waals surface area contributed by atoms with E-state index in [0.29, 0.717) is 11.4 Å². The van der Waals surface area contributed by atoms with Gasteiger partial charge in [-0.15, -0.1) is 0 Å². The molecule has 7 nitrogen and oxygen atoms in total. The van der Waals surface area contributed by atoms with E-state index in [1.807, 2.05) is 6.07 Å². The number of aliphatic imine (C=N–C) groups is 1. The summed E-state index contributed by atoms with van der Waals surface area (Å²) in [5.41, 5.74) is -0.979. The summed E-state index contributed by atoms with van der Waals surface area (Å²) in [6.45, 7) is -0.00961. The molecule has 3 aromatic rings. The smallest absolute Gasteiger partial charge is 0.331 e. The number of aromatic amines is 1. The first kappa shape index (κ1) is 16.0. The molecular weight excluding hydrogens is 378 g/mol. The van der Waals surface area contributed by atoms with Crippen LogP contribution in [0, 0.1) is 0 Å². The second-order valence-corrected chi connectivity index (χ2v) is 5.73. The highest BCUT2D eigenvalue weighted by Crippen LogP contribution is 2.24. The SMILES string of the molecule is O=c1[nH]c(=O)n(Cc2ccco2)c(O)c1C=Nc1ccccc1Br. The highest BCUT2D eigenvalue weighted by molar-refractivity contribution is 9.10. The fraction of sp³-hybridized carbons (Fsp3) is 0.0625. The van der Waals surface area contributed by atoms with Gasteiger partial charge in [0.05, 0.1) is 18.5 Å². The van der Waals surface area contributed by atoms with Crippen LogP contribution in [-0.2, 0) is 6.54 Å². The van der Waals surface area contributed by atoms with Crippen molar-refractivity contribution in [2.24, 2.45) is 4.99 Å². The van der Waals surface area contributed by atoms with Crippen LogP contribution in [0.2, 0.25) is 0 Å². The molecule has 0 aliphatic heterocycles. The van der Waals surface area contributed by atoms with E-state index in [1.165, 1.54) is 12.5 Å². The van der Waals surface area contributed by atoms with Gasteiger partial charge in [-0.3, -0.25) is 19.3 Å². The lowest BCUT2D eigenvalue weighted by Crippen LogP contribution is -2.32. The average Bonchev–Trinajstić information content (AvgIpc) is 3.06. The fourth-order valence-corrected chi connectivity index (χ4v) is 2.47. The van der Waals surface area contributed by atoms with Crippen LogP contribution >= 0.6 is 15.9 Å². The van der Waals surface area contributed by atoms with Crippen LogP contribution < -0.4 is 11.2 Å². The molecule has 2 aromatic heterocycles. The molecular formula is C16H12BrN3O4. The van der Waals surface area contributed by atoms with Gasteiger partial charge in [-0.05, 0) is 40.2 Å². The molecule has 24 heavy (non-hydrogen) atoms. The van der Waals surface area contributed by atoms with Gasteiger partial charge in [-0.25, -0.2) is 4.79 Å².